The first-order chi connectivity index (χ1) is 8.98. The summed E-state index contributed by atoms with van der Waals surface area (Å²) in [7, 11) is 0. The van der Waals surface area contributed by atoms with E-state index in [2.05, 4.69) is 5.32 Å². The van der Waals surface area contributed by atoms with Crippen molar-refractivity contribution in [3.05, 3.63) is 29.8 Å². The van der Waals surface area contributed by atoms with Crippen LogP contribution in [0.4, 0.5) is 5.69 Å². The summed E-state index contributed by atoms with van der Waals surface area (Å²) in [4.78, 5) is 12.2. The van der Waals surface area contributed by atoms with Crippen molar-refractivity contribution < 1.29 is 9.53 Å². The van der Waals surface area contributed by atoms with E-state index in [0.29, 0.717) is 25.4 Å². The molecule has 0 radical (unpaired) electrons. The quantitative estimate of drug-likeness (QED) is 0.585. The molecule has 1 aromatic carbocycles. The first kappa shape index (κ1) is 15.5. The summed E-state index contributed by atoms with van der Waals surface area (Å²) < 4.78 is 5.23. The van der Waals surface area contributed by atoms with Gasteiger partial charge in [-0.05, 0) is 44.9 Å². The highest BCUT2D eigenvalue weighted by atomic mass is 16.5. The summed E-state index contributed by atoms with van der Waals surface area (Å²) in [5.41, 5.74) is 6.77. The Morgan fingerprint density at radius 1 is 1.32 bits per heavy atom. The lowest BCUT2D eigenvalue weighted by atomic mass is 9.83. The van der Waals surface area contributed by atoms with Crippen molar-refractivity contribution in [3.8, 4) is 0 Å². The van der Waals surface area contributed by atoms with Crippen molar-refractivity contribution in [1.82, 2.24) is 5.32 Å². The second-order valence-electron chi connectivity index (χ2n) is 5.05. The number of benzene rings is 1. The molecule has 0 bridgehead atoms. The van der Waals surface area contributed by atoms with Gasteiger partial charge in [-0.15, -0.1) is 0 Å². The van der Waals surface area contributed by atoms with Crippen LogP contribution in [-0.2, 0) is 14.9 Å². The number of anilines is 1. The van der Waals surface area contributed by atoms with Crippen LogP contribution in [0.5, 0.6) is 0 Å². The molecule has 0 heterocycles. The summed E-state index contributed by atoms with van der Waals surface area (Å²) in [6.45, 7) is 7.82. The number of nitrogens with one attached hydrogen (secondary N) is 1. The number of amides is 1. The van der Waals surface area contributed by atoms with Crippen molar-refractivity contribution >= 4 is 11.6 Å². The summed E-state index contributed by atoms with van der Waals surface area (Å²) in [5.74, 6) is 0.0220. The Kier molecular flexibility index (Phi) is 5.83. The van der Waals surface area contributed by atoms with Crippen molar-refractivity contribution in [2.24, 2.45) is 0 Å². The van der Waals surface area contributed by atoms with Gasteiger partial charge in [0.2, 0.25) is 5.91 Å². The average molecular weight is 264 g/mol. The molecule has 4 nitrogen and oxygen atoms in total. The summed E-state index contributed by atoms with van der Waals surface area (Å²) in [6.07, 6.45) is 0.831. The molecule has 3 N–H and O–H groups in total. The van der Waals surface area contributed by atoms with Gasteiger partial charge in [-0.25, -0.2) is 0 Å². The third-order valence-electron chi connectivity index (χ3n) is 3.16. The zero-order chi connectivity index (χ0) is 14.3. The average Bonchev–Trinajstić information content (AvgIpc) is 2.38. The lowest BCUT2D eigenvalue weighted by Gasteiger charge is -2.24. The van der Waals surface area contributed by atoms with Crippen molar-refractivity contribution in [1.29, 1.82) is 0 Å². The standard InChI is InChI=1S/C15H24N2O2/c1-4-19-11-5-10-17-14(18)15(2,3)12-6-8-13(16)9-7-12/h6-9H,4-5,10-11,16H2,1-3H3,(H,17,18). The molecule has 0 spiro atoms. The van der Waals surface area contributed by atoms with Gasteiger partial charge in [-0.1, -0.05) is 12.1 Å². The highest BCUT2D eigenvalue weighted by Crippen LogP contribution is 2.24. The summed E-state index contributed by atoms with van der Waals surface area (Å²) >= 11 is 0. The zero-order valence-corrected chi connectivity index (χ0v) is 12.0. The van der Waals surface area contributed by atoms with Gasteiger partial charge in [0.1, 0.15) is 0 Å². The van der Waals surface area contributed by atoms with Crippen LogP contribution in [0.1, 0.15) is 32.8 Å². The fourth-order valence-electron chi connectivity index (χ4n) is 1.77. The SMILES string of the molecule is CCOCCCNC(=O)C(C)(C)c1ccc(N)cc1. The van der Waals surface area contributed by atoms with E-state index >= 15 is 0 Å². The molecule has 0 aliphatic rings. The second-order valence-corrected chi connectivity index (χ2v) is 5.05. The molecule has 106 valence electrons. The Labute approximate surface area is 115 Å². The zero-order valence-electron chi connectivity index (χ0n) is 12.0. The molecule has 1 rings (SSSR count). The molecule has 0 aliphatic heterocycles. The van der Waals surface area contributed by atoms with Crippen molar-refractivity contribution in [2.45, 2.75) is 32.6 Å². The highest BCUT2D eigenvalue weighted by molar-refractivity contribution is 5.87. The Hall–Kier alpha value is -1.55. The van der Waals surface area contributed by atoms with Crippen LogP contribution in [0.15, 0.2) is 24.3 Å². The molecule has 0 unspecified atom stereocenters. The molecule has 0 saturated heterocycles. The lowest BCUT2D eigenvalue weighted by Crippen LogP contribution is -2.40. The number of carbonyl (C=O) groups is 1. The molecule has 0 fully saturated rings. The number of hydrogen-bond acceptors (Lipinski definition) is 3. The van der Waals surface area contributed by atoms with Crippen LogP contribution in [0.3, 0.4) is 0 Å². The third-order valence-corrected chi connectivity index (χ3v) is 3.16. The van der Waals surface area contributed by atoms with E-state index in [4.69, 9.17) is 10.5 Å². The van der Waals surface area contributed by atoms with E-state index in [0.717, 1.165) is 12.0 Å². The molecular formula is C15H24N2O2. The van der Waals surface area contributed by atoms with Crippen molar-refractivity contribution in [2.75, 3.05) is 25.5 Å². The van der Waals surface area contributed by atoms with Gasteiger partial charge in [-0.2, -0.15) is 0 Å². The van der Waals surface area contributed by atoms with E-state index < -0.39 is 5.41 Å². The number of nitrogen functional groups attached to an aromatic ring is 1. The molecule has 4 heteroatoms. The van der Waals surface area contributed by atoms with E-state index in [1.54, 1.807) is 0 Å². The Balaban J connectivity index is 2.52. The highest BCUT2D eigenvalue weighted by Gasteiger charge is 2.29. The van der Waals surface area contributed by atoms with Gasteiger partial charge in [0.15, 0.2) is 0 Å². The summed E-state index contributed by atoms with van der Waals surface area (Å²) in [6, 6.07) is 7.43. The third kappa shape index (κ3) is 4.56. The monoisotopic (exact) mass is 264 g/mol. The maximum absolute atomic E-state index is 12.2. The van der Waals surface area contributed by atoms with Crippen LogP contribution in [0, 0.1) is 0 Å². The van der Waals surface area contributed by atoms with E-state index in [1.165, 1.54) is 0 Å². The minimum atomic E-state index is -0.556. The maximum Gasteiger partial charge on any atom is 0.230 e. The molecule has 19 heavy (non-hydrogen) atoms. The predicted octanol–water partition coefficient (Wildman–Crippen LogP) is 2.09. The lowest BCUT2D eigenvalue weighted by molar-refractivity contribution is -0.125. The number of carbonyl (C=O) groups excluding carboxylic acids is 1. The predicted molar refractivity (Wildman–Crippen MR) is 78.0 cm³/mol. The second kappa shape index (κ2) is 7.14. The van der Waals surface area contributed by atoms with Gasteiger partial charge in [0.25, 0.3) is 0 Å². The molecule has 0 atom stereocenters. The number of hydrogen-bond donors (Lipinski definition) is 2. The van der Waals surface area contributed by atoms with E-state index in [-0.39, 0.29) is 5.91 Å². The van der Waals surface area contributed by atoms with Crippen molar-refractivity contribution in [3.63, 3.8) is 0 Å². The van der Waals surface area contributed by atoms with Gasteiger partial charge in [0.05, 0.1) is 5.41 Å². The van der Waals surface area contributed by atoms with E-state index in [1.807, 2.05) is 45.0 Å². The van der Waals surface area contributed by atoms with Gasteiger partial charge in [0, 0.05) is 25.4 Å². The number of rotatable bonds is 7. The number of nitrogens with two attached hydrogens (primary N) is 1. The molecule has 0 aromatic heterocycles. The fourth-order valence-corrected chi connectivity index (χ4v) is 1.77. The smallest absolute Gasteiger partial charge is 0.230 e. The maximum atomic E-state index is 12.2. The molecule has 0 saturated carbocycles. The van der Waals surface area contributed by atoms with Crippen LogP contribution < -0.4 is 11.1 Å². The first-order valence-electron chi connectivity index (χ1n) is 6.70. The minimum absolute atomic E-state index is 0.0220. The topological polar surface area (TPSA) is 64.3 Å². The summed E-state index contributed by atoms with van der Waals surface area (Å²) in [5, 5.41) is 2.94. The molecular weight excluding hydrogens is 240 g/mol. The Morgan fingerprint density at radius 2 is 1.95 bits per heavy atom. The largest absolute Gasteiger partial charge is 0.399 e. The van der Waals surface area contributed by atoms with Gasteiger partial charge in [-0.3, -0.25) is 4.79 Å². The van der Waals surface area contributed by atoms with Gasteiger partial charge < -0.3 is 15.8 Å². The Morgan fingerprint density at radius 3 is 2.53 bits per heavy atom. The first-order valence-corrected chi connectivity index (χ1v) is 6.70. The fraction of sp³-hybridized carbons (Fsp3) is 0.533. The minimum Gasteiger partial charge on any atom is -0.399 e. The molecule has 1 amide bonds. The van der Waals surface area contributed by atoms with E-state index in [9.17, 15) is 4.79 Å². The number of ether oxygens (including phenoxy) is 1. The Bertz CT molecular complexity index is 399. The van der Waals surface area contributed by atoms with Crippen LogP contribution >= 0.6 is 0 Å². The van der Waals surface area contributed by atoms with Gasteiger partial charge >= 0.3 is 0 Å². The molecule has 1 aromatic rings. The van der Waals surface area contributed by atoms with Crippen LogP contribution in [0.25, 0.3) is 0 Å². The normalized spacial score (nSPS) is 11.3. The molecule has 0 aliphatic carbocycles. The van der Waals surface area contributed by atoms with Crippen LogP contribution in [-0.4, -0.2) is 25.7 Å². The van der Waals surface area contributed by atoms with Crippen LogP contribution in [0.2, 0.25) is 0 Å².